The summed E-state index contributed by atoms with van der Waals surface area (Å²) in [5.74, 6) is 0.620. The predicted molar refractivity (Wildman–Crippen MR) is 111 cm³/mol. The number of pyridine rings is 1. The molecule has 0 unspecified atom stereocenters. The van der Waals surface area contributed by atoms with E-state index in [0.29, 0.717) is 39.5 Å². The number of hydrogen-bond acceptors (Lipinski definition) is 5. The van der Waals surface area contributed by atoms with Crippen LogP contribution in [0.25, 0.3) is 11.0 Å². The van der Waals surface area contributed by atoms with Gasteiger partial charge in [-0.05, 0) is 30.3 Å². The zero-order valence-corrected chi connectivity index (χ0v) is 17.5. The first kappa shape index (κ1) is 22.1. The first-order chi connectivity index (χ1) is 15.6. The Kier molecular flexibility index (Phi) is 5.68. The summed E-state index contributed by atoms with van der Waals surface area (Å²) in [6, 6.07) is 6.29. The van der Waals surface area contributed by atoms with Crippen LogP contribution in [0.4, 0.5) is 23.7 Å². The Morgan fingerprint density at radius 2 is 1.97 bits per heavy atom. The lowest BCUT2D eigenvalue weighted by Gasteiger charge is -2.10. The summed E-state index contributed by atoms with van der Waals surface area (Å²) in [5.41, 5.74) is -0.205. The van der Waals surface area contributed by atoms with Gasteiger partial charge in [-0.2, -0.15) is 27.9 Å². The topological polar surface area (TPSA) is 107 Å². The number of ether oxygens (including phenoxy) is 1. The molecule has 0 aliphatic carbocycles. The van der Waals surface area contributed by atoms with E-state index in [0.717, 1.165) is 6.20 Å². The van der Waals surface area contributed by atoms with Crippen molar-refractivity contribution >= 4 is 34.4 Å². The average Bonchev–Trinajstić information content (AvgIpc) is 3.13. The Bertz CT molecular complexity index is 1430. The molecule has 33 heavy (non-hydrogen) atoms. The van der Waals surface area contributed by atoms with Gasteiger partial charge in [-0.25, -0.2) is 9.78 Å². The van der Waals surface area contributed by atoms with Crippen LogP contribution in [0, 0.1) is 0 Å². The number of halogens is 4. The van der Waals surface area contributed by atoms with Crippen LogP contribution >= 0.6 is 11.6 Å². The zero-order chi connectivity index (χ0) is 23.8. The molecule has 2 amide bonds. The third-order valence-corrected chi connectivity index (χ3v) is 4.79. The van der Waals surface area contributed by atoms with Gasteiger partial charge in [0, 0.05) is 25.5 Å². The number of carbonyl (C=O) groups is 1. The second-order valence-corrected chi connectivity index (χ2v) is 7.15. The number of aromatic nitrogens is 4. The summed E-state index contributed by atoms with van der Waals surface area (Å²) in [5, 5.41) is 12.1. The molecule has 9 nitrogen and oxygen atoms in total. The number of nitrogens with zero attached hydrogens (tertiary/aromatic N) is 5. The minimum Gasteiger partial charge on any atom is -0.437 e. The van der Waals surface area contributed by atoms with E-state index in [2.05, 4.69) is 20.3 Å². The van der Waals surface area contributed by atoms with Crippen LogP contribution in [-0.4, -0.2) is 30.5 Å². The molecule has 0 radical (unpaired) electrons. The van der Waals surface area contributed by atoms with Crippen molar-refractivity contribution in [1.82, 2.24) is 19.3 Å². The molecule has 13 heteroatoms. The van der Waals surface area contributed by atoms with Gasteiger partial charge in [-0.3, -0.25) is 0 Å². The van der Waals surface area contributed by atoms with Crippen molar-refractivity contribution in [3.63, 3.8) is 0 Å². The normalized spacial score (nSPS) is 12.2. The summed E-state index contributed by atoms with van der Waals surface area (Å²) in [6.07, 6.45) is -0.772. The third kappa shape index (κ3) is 4.75. The molecule has 4 aromatic rings. The van der Waals surface area contributed by atoms with E-state index in [1.54, 1.807) is 10.6 Å². The predicted octanol–water partition coefficient (Wildman–Crippen LogP) is 4.60. The van der Waals surface area contributed by atoms with E-state index in [1.165, 1.54) is 24.5 Å². The molecule has 0 fully saturated rings. The molecule has 0 aliphatic rings. The van der Waals surface area contributed by atoms with Gasteiger partial charge in [0.15, 0.2) is 5.49 Å². The van der Waals surface area contributed by atoms with Crippen LogP contribution in [0.1, 0.15) is 5.56 Å². The van der Waals surface area contributed by atoms with Gasteiger partial charge in [0.1, 0.15) is 17.6 Å². The zero-order valence-electron chi connectivity index (χ0n) is 16.7. The summed E-state index contributed by atoms with van der Waals surface area (Å²) in [7, 11) is 1.81. The second kappa shape index (κ2) is 8.47. The summed E-state index contributed by atoms with van der Waals surface area (Å²) in [6.45, 7) is 0. The number of fused-ring (bicyclic) bond motifs is 1. The van der Waals surface area contributed by atoms with Crippen LogP contribution < -0.4 is 15.5 Å². The highest BCUT2D eigenvalue weighted by Gasteiger charge is 2.30. The lowest BCUT2D eigenvalue weighted by atomic mass is 10.2. The van der Waals surface area contributed by atoms with Crippen molar-refractivity contribution in [2.24, 2.45) is 12.0 Å². The van der Waals surface area contributed by atoms with Gasteiger partial charge >= 0.3 is 12.2 Å². The molecule has 0 bridgehead atoms. The number of anilines is 1. The highest BCUT2D eigenvalue weighted by molar-refractivity contribution is 6.33. The molecule has 3 aromatic heterocycles. The van der Waals surface area contributed by atoms with Crippen LogP contribution in [0.5, 0.6) is 11.6 Å². The SMILES string of the molecule is Cn1ccc2ncnc(Oc3ccc(NC(=O)/N=c4\cc(C(F)(F)F)ccn4O)c(Cl)c3)c21. The molecule has 0 atom stereocenters. The molecule has 0 saturated heterocycles. The minimum atomic E-state index is -4.66. The van der Waals surface area contributed by atoms with Gasteiger partial charge in [0.2, 0.25) is 5.88 Å². The van der Waals surface area contributed by atoms with Gasteiger partial charge in [-0.15, -0.1) is 0 Å². The largest absolute Gasteiger partial charge is 0.437 e. The van der Waals surface area contributed by atoms with Gasteiger partial charge in [-0.1, -0.05) is 11.6 Å². The van der Waals surface area contributed by atoms with Crippen molar-refractivity contribution in [3.8, 4) is 11.6 Å². The fourth-order valence-corrected chi connectivity index (χ4v) is 3.14. The molecule has 1 aromatic carbocycles. The van der Waals surface area contributed by atoms with Crippen LogP contribution in [0.15, 0.2) is 60.1 Å². The molecule has 0 spiro atoms. The van der Waals surface area contributed by atoms with Crippen molar-refractivity contribution < 1.29 is 27.9 Å². The Morgan fingerprint density at radius 3 is 2.70 bits per heavy atom. The molecular weight excluding hydrogens is 465 g/mol. The highest BCUT2D eigenvalue weighted by Crippen LogP contribution is 2.32. The summed E-state index contributed by atoms with van der Waals surface area (Å²) in [4.78, 5) is 23.9. The maximum atomic E-state index is 12.8. The number of alkyl halides is 3. The van der Waals surface area contributed by atoms with Crippen LogP contribution in [-0.2, 0) is 13.2 Å². The number of hydrogen-bond donors (Lipinski definition) is 2. The Labute approximate surface area is 188 Å². The quantitative estimate of drug-likeness (QED) is 0.418. The monoisotopic (exact) mass is 478 g/mol. The van der Waals surface area contributed by atoms with Gasteiger partial charge < -0.3 is 19.8 Å². The van der Waals surface area contributed by atoms with E-state index in [4.69, 9.17) is 16.3 Å². The molecule has 3 heterocycles. The van der Waals surface area contributed by atoms with E-state index in [1.807, 2.05) is 13.2 Å². The fourth-order valence-electron chi connectivity index (χ4n) is 2.92. The van der Waals surface area contributed by atoms with E-state index < -0.39 is 23.3 Å². The Hall–Kier alpha value is -4.06. The van der Waals surface area contributed by atoms with Crippen LogP contribution in [0.3, 0.4) is 0 Å². The number of carbonyl (C=O) groups excluding carboxylic acids is 1. The first-order valence-corrected chi connectivity index (χ1v) is 9.58. The third-order valence-electron chi connectivity index (χ3n) is 4.48. The molecule has 170 valence electrons. The lowest BCUT2D eigenvalue weighted by molar-refractivity contribution is -0.137. The molecule has 2 N–H and O–H groups in total. The second-order valence-electron chi connectivity index (χ2n) is 6.74. The summed E-state index contributed by atoms with van der Waals surface area (Å²) < 4.78 is 46.4. The Balaban J connectivity index is 1.55. The van der Waals surface area contributed by atoms with Crippen molar-refractivity contribution in [1.29, 1.82) is 0 Å². The van der Waals surface area contributed by atoms with E-state index in [9.17, 15) is 23.2 Å². The van der Waals surface area contributed by atoms with Crippen molar-refractivity contribution in [3.05, 3.63) is 71.2 Å². The first-order valence-electron chi connectivity index (χ1n) is 9.20. The molecular formula is C20H14ClF3N6O3. The minimum absolute atomic E-state index is 0.0779. The number of rotatable bonds is 3. The fraction of sp³-hybridized carbons (Fsp3) is 0.100. The van der Waals surface area contributed by atoms with Gasteiger partial charge in [0.05, 0.1) is 21.8 Å². The smallest absolute Gasteiger partial charge is 0.416 e. The van der Waals surface area contributed by atoms with Crippen molar-refractivity contribution in [2.45, 2.75) is 6.18 Å². The van der Waals surface area contributed by atoms with Crippen molar-refractivity contribution in [2.75, 3.05) is 5.32 Å². The van der Waals surface area contributed by atoms with Crippen LogP contribution in [0.2, 0.25) is 5.02 Å². The standard InChI is InChI=1S/C20H14ClF3N6O3/c1-29-6-5-15-17(29)18(26-10-25-15)33-12-2-3-14(13(21)9-12)27-19(31)28-16-8-11(20(22,23)24)4-7-30(16)32/h2-10,32H,1H3,(H,27,31)/b28-16+. The average molecular weight is 479 g/mol. The maximum Gasteiger partial charge on any atom is 0.416 e. The summed E-state index contributed by atoms with van der Waals surface area (Å²) >= 11 is 6.21. The number of aryl methyl sites for hydroxylation is 1. The van der Waals surface area contributed by atoms with E-state index >= 15 is 0 Å². The molecule has 4 rings (SSSR count). The maximum absolute atomic E-state index is 12.8. The van der Waals surface area contributed by atoms with E-state index in [-0.39, 0.29) is 10.7 Å². The van der Waals surface area contributed by atoms with Gasteiger partial charge in [0.25, 0.3) is 0 Å². The lowest BCUT2D eigenvalue weighted by Crippen LogP contribution is -2.24. The number of amides is 2. The number of nitrogens with one attached hydrogen (secondary N) is 1. The molecule has 0 aliphatic heterocycles. The molecule has 0 saturated carbocycles. The Morgan fingerprint density at radius 1 is 1.18 bits per heavy atom. The number of benzene rings is 1. The number of urea groups is 1. The highest BCUT2D eigenvalue weighted by atomic mass is 35.5.